The van der Waals surface area contributed by atoms with Gasteiger partial charge in [-0.25, -0.2) is 0 Å². The summed E-state index contributed by atoms with van der Waals surface area (Å²) in [6.45, 7) is 3.30. The first-order valence-corrected chi connectivity index (χ1v) is 6.43. The lowest BCUT2D eigenvalue weighted by Gasteiger charge is -2.11. The molecule has 0 amide bonds. The predicted octanol–water partition coefficient (Wildman–Crippen LogP) is 2.49. The largest absolute Gasteiger partial charge is 0.492 e. The highest BCUT2D eigenvalue weighted by molar-refractivity contribution is 6.30. The second-order valence-electron chi connectivity index (χ2n) is 4.14. The fourth-order valence-corrected chi connectivity index (χ4v) is 2.05. The van der Waals surface area contributed by atoms with E-state index in [1.54, 1.807) is 0 Å². The summed E-state index contributed by atoms with van der Waals surface area (Å²) in [5, 5.41) is 4.03. The molecule has 4 heteroatoms. The van der Waals surface area contributed by atoms with Crippen molar-refractivity contribution in [3.05, 3.63) is 29.3 Å². The molecule has 94 valence electrons. The molecule has 1 saturated heterocycles. The first-order chi connectivity index (χ1) is 8.34. The van der Waals surface area contributed by atoms with Gasteiger partial charge in [0.05, 0.1) is 6.10 Å². The van der Waals surface area contributed by atoms with E-state index in [-0.39, 0.29) is 0 Å². The van der Waals surface area contributed by atoms with E-state index in [0.29, 0.717) is 17.7 Å². The maximum atomic E-state index is 5.86. The van der Waals surface area contributed by atoms with Crippen LogP contribution in [0.25, 0.3) is 0 Å². The number of hydrogen-bond donors (Lipinski definition) is 1. The molecule has 3 nitrogen and oxygen atoms in total. The summed E-state index contributed by atoms with van der Waals surface area (Å²) in [7, 11) is 0. The number of rotatable bonds is 6. The highest BCUT2D eigenvalue weighted by atomic mass is 35.5. The molecular weight excluding hydrogens is 238 g/mol. The van der Waals surface area contributed by atoms with Crippen molar-refractivity contribution in [3.8, 4) is 5.75 Å². The Morgan fingerprint density at radius 3 is 3.18 bits per heavy atom. The van der Waals surface area contributed by atoms with Gasteiger partial charge in [-0.2, -0.15) is 0 Å². The molecule has 1 unspecified atom stereocenters. The van der Waals surface area contributed by atoms with Gasteiger partial charge in [0.25, 0.3) is 0 Å². The van der Waals surface area contributed by atoms with Crippen molar-refractivity contribution in [2.24, 2.45) is 0 Å². The average molecular weight is 256 g/mol. The van der Waals surface area contributed by atoms with Crippen LogP contribution in [0.15, 0.2) is 24.3 Å². The van der Waals surface area contributed by atoms with Crippen LogP contribution < -0.4 is 10.1 Å². The van der Waals surface area contributed by atoms with Crippen LogP contribution in [-0.4, -0.2) is 32.4 Å². The van der Waals surface area contributed by atoms with E-state index in [1.807, 2.05) is 24.3 Å². The molecule has 0 aromatic heterocycles. The van der Waals surface area contributed by atoms with Gasteiger partial charge in [-0.05, 0) is 31.0 Å². The lowest BCUT2D eigenvalue weighted by molar-refractivity contribution is 0.109. The molecule has 1 fully saturated rings. The first-order valence-electron chi connectivity index (χ1n) is 6.05. The fourth-order valence-electron chi connectivity index (χ4n) is 1.87. The van der Waals surface area contributed by atoms with E-state index in [2.05, 4.69) is 5.32 Å². The van der Waals surface area contributed by atoms with Gasteiger partial charge >= 0.3 is 0 Å². The normalized spacial score (nSPS) is 19.5. The van der Waals surface area contributed by atoms with Gasteiger partial charge < -0.3 is 14.8 Å². The Balaban J connectivity index is 1.56. The number of ether oxygens (including phenoxy) is 2. The summed E-state index contributed by atoms with van der Waals surface area (Å²) in [6.07, 6.45) is 2.74. The topological polar surface area (TPSA) is 30.5 Å². The van der Waals surface area contributed by atoms with Crippen LogP contribution in [0.4, 0.5) is 0 Å². The van der Waals surface area contributed by atoms with Gasteiger partial charge in [0.1, 0.15) is 12.4 Å². The monoisotopic (exact) mass is 255 g/mol. The van der Waals surface area contributed by atoms with Crippen molar-refractivity contribution in [1.82, 2.24) is 5.32 Å². The van der Waals surface area contributed by atoms with Crippen LogP contribution in [0.5, 0.6) is 5.75 Å². The van der Waals surface area contributed by atoms with Crippen molar-refractivity contribution < 1.29 is 9.47 Å². The Morgan fingerprint density at radius 1 is 1.47 bits per heavy atom. The van der Waals surface area contributed by atoms with E-state index in [9.17, 15) is 0 Å². The molecule has 0 bridgehead atoms. The number of hydrogen-bond acceptors (Lipinski definition) is 3. The van der Waals surface area contributed by atoms with Crippen LogP contribution in [0.2, 0.25) is 5.02 Å². The maximum absolute atomic E-state index is 5.86. The Morgan fingerprint density at radius 2 is 2.41 bits per heavy atom. The third-order valence-electron chi connectivity index (χ3n) is 2.74. The molecule has 1 atom stereocenters. The van der Waals surface area contributed by atoms with E-state index < -0.39 is 0 Å². The zero-order chi connectivity index (χ0) is 11.9. The second-order valence-corrected chi connectivity index (χ2v) is 4.58. The standard InChI is InChI=1S/C13H18ClNO2/c14-11-3-1-4-12(9-11)17-8-6-15-10-13-5-2-7-16-13/h1,3-4,9,13,15H,2,5-8,10H2. The Hall–Kier alpha value is -0.770. The van der Waals surface area contributed by atoms with Gasteiger partial charge in [0.15, 0.2) is 0 Å². The molecule has 1 aromatic rings. The summed E-state index contributed by atoms with van der Waals surface area (Å²) in [4.78, 5) is 0. The van der Waals surface area contributed by atoms with Crippen LogP contribution in [-0.2, 0) is 4.74 Å². The van der Waals surface area contributed by atoms with Crippen molar-refractivity contribution in [2.75, 3.05) is 26.3 Å². The molecule has 17 heavy (non-hydrogen) atoms. The second kappa shape index (κ2) is 6.84. The molecule has 2 rings (SSSR count). The predicted molar refractivity (Wildman–Crippen MR) is 68.8 cm³/mol. The minimum atomic E-state index is 0.390. The number of nitrogens with one attached hydrogen (secondary N) is 1. The maximum Gasteiger partial charge on any atom is 0.120 e. The minimum absolute atomic E-state index is 0.390. The summed E-state index contributed by atoms with van der Waals surface area (Å²) >= 11 is 5.86. The Kier molecular flexibility index (Phi) is 5.10. The smallest absolute Gasteiger partial charge is 0.120 e. The summed E-state index contributed by atoms with van der Waals surface area (Å²) in [6, 6.07) is 7.45. The molecule has 1 aliphatic rings. The van der Waals surface area contributed by atoms with E-state index >= 15 is 0 Å². The third-order valence-corrected chi connectivity index (χ3v) is 2.97. The molecule has 0 spiro atoms. The zero-order valence-corrected chi connectivity index (χ0v) is 10.6. The fraction of sp³-hybridized carbons (Fsp3) is 0.538. The molecular formula is C13H18ClNO2. The summed E-state index contributed by atoms with van der Waals surface area (Å²) in [5.74, 6) is 0.816. The lowest BCUT2D eigenvalue weighted by Crippen LogP contribution is -2.29. The zero-order valence-electron chi connectivity index (χ0n) is 9.82. The van der Waals surface area contributed by atoms with Gasteiger partial charge in [0.2, 0.25) is 0 Å². The summed E-state index contributed by atoms with van der Waals surface area (Å²) < 4.78 is 11.1. The van der Waals surface area contributed by atoms with Crippen molar-refractivity contribution in [2.45, 2.75) is 18.9 Å². The molecule has 0 radical (unpaired) electrons. The highest BCUT2D eigenvalue weighted by Crippen LogP contribution is 2.16. The Bertz CT molecular complexity index is 340. The minimum Gasteiger partial charge on any atom is -0.492 e. The van der Waals surface area contributed by atoms with Crippen LogP contribution in [0.3, 0.4) is 0 Å². The van der Waals surface area contributed by atoms with Gasteiger partial charge in [-0.15, -0.1) is 0 Å². The van der Waals surface area contributed by atoms with Crippen LogP contribution >= 0.6 is 11.6 Å². The molecule has 1 heterocycles. The molecule has 1 N–H and O–H groups in total. The third kappa shape index (κ3) is 4.54. The molecule has 0 saturated carbocycles. The number of halogens is 1. The van der Waals surface area contributed by atoms with E-state index in [4.69, 9.17) is 21.1 Å². The van der Waals surface area contributed by atoms with Gasteiger partial charge in [-0.1, -0.05) is 17.7 Å². The molecule has 1 aromatic carbocycles. The summed E-state index contributed by atoms with van der Waals surface area (Å²) in [5.41, 5.74) is 0. The van der Waals surface area contributed by atoms with E-state index in [1.165, 1.54) is 12.8 Å². The lowest BCUT2D eigenvalue weighted by atomic mass is 10.2. The molecule has 1 aliphatic heterocycles. The van der Waals surface area contributed by atoms with Crippen LogP contribution in [0.1, 0.15) is 12.8 Å². The highest BCUT2D eigenvalue weighted by Gasteiger charge is 2.14. The quantitative estimate of drug-likeness (QED) is 0.793. The van der Waals surface area contributed by atoms with E-state index in [0.717, 1.165) is 25.4 Å². The SMILES string of the molecule is Clc1cccc(OCCNCC2CCCO2)c1. The molecule has 0 aliphatic carbocycles. The number of benzene rings is 1. The van der Waals surface area contributed by atoms with Gasteiger partial charge in [-0.3, -0.25) is 0 Å². The first kappa shape index (κ1) is 12.7. The van der Waals surface area contributed by atoms with Crippen molar-refractivity contribution >= 4 is 11.6 Å². The average Bonchev–Trinajstić information content (AvgIpc) is 2.82. The van der Waals surface area contributed by atoms with Gasteiger partial charge in [0, 0.05) is 24.7 Å². The Labute approximate surface area is 107 Å². The van der Waals surface area contributed by atoms with Crippen molar-refractivity contribution in [3.63, 3.8) is 0 Å². The van der Waals surface area contributed by atoms with Crippen LogP contribution in [0, 0.1) is 0 Å². The van der Waals surface area contributed by atoms with Crippen molar-refractivity contribution in [1.29, 1.82) is 0 Å².